The Bertz CT molecular complexity index is 901. The van der Waals surface area contributed by atoms with E-state index in [4.69, 9.17) is 0 Å². The van der Waals surface area contributed by atoms with Gasteiger partial charge < -0.3 is 0 Å². The van der Waals surface area contributed by atoms with Crippen molar-refractivity contribution in [3.8, 4) is 0 Å². The van der Waals surface area contributed by atoms with E-state index >= 15 is 0 Å². The molecule has 5 nitrogen and oxygen atoms in total. The minimum atomic E-state index is -3.78. The Balaban J connectivity index is 1.72. The van der Waals surface area contributed by atoms with Crippen LogP contribution in [0.5, 0.6) is 0 Å². The molecule has 0 saturated carbocycles. The van der Waals surface area contributed by atoms with Crippen LogP contribution >= 0.6 is 11.3 Å². The monoisotopic (exact) mass is 378 g/mol. The average molecular weight is 379 g/mol. The number of amides is 1. The fourth-order valence-electron chi connectivity index (χ4n) is 3.09. The van der Waals surface area contributed by atoms with Crippen LogP contribution in [0.4, 0.5) is 0 Å². The van der Waals surface area contributed by atoms with Gasteiger partial charge in [0.1, 0.15) is 0 Å². The molecule has 3 rings (SSSR count). The quantitative estimate of drug-likeness (QED) is 0.785. The number of sulfonamides is 1. The summed E-state index contributed by atoms with van der Waals surface area (Å²) in [5.41, 5.74) is 5.67. The Morgan fingerprint density at radius 2 is 1.88 bits per heavy atom. The Morgan fingerprint density at radius 1 is 1.16 bits per heavy atom. The van der Waals surface area contributed by atoms with Crippen molar-refractivity contribution >= 4 is 27.3 Å². The summed E-state index contributed by atoms with van der Waals surface area (Å²) < 4.78 is 24.9. The lowest BCUT2D eigenvalue weighted by Crippen LogP contribution is -2.41. The molecule has 1 aromatic carbocycles. The number of benzene rings is 1. The third-order valence-electron chi connectivity index (χ3n) is 4.49. The van der Waals surface area contributed by atoms with Crippen LogP contribution in [-0.4, -0.2) is 14.3 Å². The normalized spacial score (nSPS) is 14.2. The molecule has 0 radical (unpaired) electrons. The number of thiophene rings is 1. The third-order valence-corrected chi connectivity index (χ3v) is 7.12. The first-order valence-corrected chi connectivity index (χ1v) is 10.7. The number of hydrogen-bond donors (Lipinski definition) is 2. The maximum absolute atomic E-state index is 12.5. The molecule has 0 unspecified atom stereocenters. The van der Waals surface area contributed by atoms with Crippen molar-refractivity contribution in [3.05, 3.63) is 50.7 Å². The molecule has 1 aliphatic carbocycles. The molecule has 0 saturated heterocycles. The van der Waals surface area contributed by atoms with Gasteiger partial charge in [-0.05, 0) is 73.9 Å². The van der Waals surface area contributed by atoms with Gasteiger partial charge in [-0.1, -0.05) is 13.0 Å². The van der Waals surface area contributed by atoms with E-state index < -0.39 is 15.9 Å². The maximum Gasteiger partial charge on any atom is 0.276 e. The highest BCUT2D eigenvalue weighted by atomic mass is 32.2. The van der Waals surface area contributed by atoms with Crippen LogP contribution < -0.4 is 10.3 Å². The van der Waals surface area contributed by atoms with Gasteiger partial charge in [-0.3, -0.25) is 10.2 Å². The third kappa shape index (κ3) is 3.94. The van der Waals surface area contributed by atoms with E-state index in [1.165, 1.54) is 16.9 Å². The molecule has 2 aromatic rings. The standard InChI is InChI=1S/C18H22N2O3S2/c1-3-16-12(2)10-17(24-16)18(21)19-20-25(22,23)15-9-8-13-6-4-5-7-14(13)11-15/h8-11,20H,3-7H2,1-2H3,(H,19,21). The summed E-state index contributed by atoms with van der Waals surface area (Å²) in [7, 11) is -3.78. The Hall–Kier alpha value is -1.70. The number of nitrogens with one attached hydrogen (secondary N) is 2. The Kier molecular flexibility index (Phi) is 5.27. The molecule has 1 aliphatic rings. The fraction of sp³-hybridized carbons (Fsp3) is 0.389. The van der Waals surface area contributed by atoms with Crippen LogP contribution in [0, 0.1) is 6.92 Å². The number of aryl methyl sites for hydroxylation is 4. The number of hydrogen-bond acceptors (Lipinski definition) is 4. The van der Waals surface area contributed by atoms with Gasteiger partial charge in [0.05, 0.1) is 9.77 Å². The largest absolute Gasteiger partial charge is 0.276 e. The minimum absolute atomic E-state index is 0.185. The predicted molar refractivity (Wildman–Crippen MR) is 99.3 cm³/mol. The maximum atomic E-state index is 12.5. The molecule has 2 N–H and O–H groups in total. The highest BCUT2D eigenvalue weighted by Gasteiger charge is 2.19. The number of rotatable bonds is 5. The number of hydrazine groups is 1. The van der Waals surface area contributed by atoms with E-state index in [2.05, 4.69) is 10.3 Å². The molecular formula is C18H22N2O3S2. The van der Waals surface area contributed by atoms with E-state index in [0.717, 1.165) is 48.1 Å². The summed E-state index contributed by atoms with van der Waals surface area (Å²) in [5.74, 6) is -0.436. The van der Waals surface area contributed by atoms with Gasteiger partial charge in [0.25, 0.3) is 15.9 Å². The van der Waals surface area contributed by atoms with Crippen molar-refractivity contribution in [1.82, 2.24) is 10.3 Å². The van der Waals surface area contributed by atoms with E-state index in [0.29, 0.717) is 4.88 Å². The van der Waals surface area contributed by atoms with Gasteiger partial charge in [0, 0.05) is 4.88 Å². The van der Waals surface area contributed by atoms with Crippen molar-refractivity contribution in [3.63, 3.8) is 0 Å². The Morgan fingerprint density at radius 3 is 2.56 bits per heavy atom. The van der Waals surface area contributed by atoms with Crippen LogP contribution in [-0.2, 0) is 29.3 Å². The second-order valence-corrected chi connectivity index (χ2v) is 9.09. The predicted octanol–water partition coefficient (Wildman–Crippen LogP) is 3.12. The average Bonchev–Trinajstić information content (AvgIpc) is 3.00. The molecule has 0 atom stereocenters. The lowest BCUT2D eigenvalue weighted by molar-refractivity contribution is 0.0949. The number of fused-ring (bicyclic) bond motifs is 1. The molecule has 1 amide bonds. The van der Waals surface area contributed by atoms with Crippen molar-refractivity contribution in [2.24, 2.45) is 0 Å². The van der Waals surface area contributed by atoms with E-state index in [1.54, 1.807) is 18.2 Å². The number of carbonyl (C=O) groups excluding carboxylic acids is 1. The topological polar surface area (TPSA) is 75.3 Å². The summed E-state index contributed by atoms with van der Waals surface area (Å²) in [6.07, 6.45) is 4.98. The summed E-state index contributed by atoms with van der Waals surface area (Å²) in [4.78, 5) is 16.2. The van der Waals surface area contributed by atoms with Gasteiger partial charge in [-0.2, -0.15) is 0 Å². The van der Waals surface area contributed by atoms with Crippen LogP contribution in [0.25, 0.3) is 0 Å². The van der Waals surface area contributed by atoms with Crippen molar-refractivity contribution < 1.29 is 13.2 Å². The van der Waals surface area contributed by atoms with Crippen molar-refractivity contribution in [1.29, 1.82) is 0 Å². The van der Waals surface area contributed by atoms with Gasteiger partial charge in [-0.25, -0.2) is 8.42 Å². The van der Waals surface area contributed by atoms with Crippen LogP contribution in [0.2, 0.25) is 0 Å². The summed E-state index contributed by atoms with van der Waals surface area (Å²) >= 11 is 1.39. The molecule has 0 fully saturated rings. The van der Waals surface area contributed by atoms with Crippen LogP contribution in [0.3, 0.4) is 0 Å². The zero-order valence-electron chi connectivity index (χ0n) is 14.4. The molecular weight excluding hydrogens is 356 g/mol. The van der Waals surface area contributed by atoms with Crippen LogP contribution in [0.15, 0.2) is 29.2 Å². The smallest absolute Gasteiger partial charge is 0.273 e. The molecule has 1 aromatic heterocycles. The molecule has 25 heavy (non-hydrogen) atoms. The van der Waals surface area contributed by atoms with Gasteiger partial charge in [-0.15, -0.1) is 16.2 Å². The molecule has 1 heterocycles. The Labute approximate surface area is 152 Å². The van der Waals surface area contributed by atoms with Gasteiger partial charge in [0.2, 0.25) is 0 Å². The van der Waals surface area contributed by atoms with Gasteiger partial charge >= 0.3 is 0 Å². The highest BCUT2D eigenvalue weighted by molar-refractivity contribution is 7.89. The van der Waals surface area contributed by atoms with E-state index in [-0.39, 0.29) is 4.90 Å². The SMILES string of the molecule is CCc1sc(C(=O)NNS(=O)(=O)c2ccc3c(c2)CCCC3)cc1C. The fourth-order valence-corrected chi connectivity index (χ4v) is 4.99. The first-order valence-electron chi connectivity index (χ1n) is 8.44. The first-order chi connectivity index (χ1) is 11.9. The summed E-state index contributed by atoms with van der Waals surface area (Å²) in [5, 5.41) is 0. The summed E-state index contributed by atoms with van der Waals surface area (Å²) in [6, 6.07) is 6.98. The molecule has 7 heteroatoms. The molecule has 0 aliphatic heterocycles. The summed E-state index contributed by atoms with van der Waals surface area (Å²) in [6.45, 7) is 3.97. The van der Waals surface area contributed by atoms with E-state index in [1.807, 2.05) is 19.9 Å². The van der Waals surface area contributed by atoms with E-state index in [9.17, 15) is 13.2 Å². The second-order valence-electron chi connectivity index (χ2n) is 6.27. The lowest BCUT2D eigenvalue weighted by Gasteiger charge is -2.16. The molecule has 134 valence electrons. The first kappa shape index (κ1) is 18.1. The number of carbonyl (C=O) groups is 1. The highest BCUT2D eigenvalue weighted by Crippen LogP contribution is 2.24. The zero-order chi connectivity index (χ0) is 18.0. The molecule has 0 bridgehead atoms. The lowest BCUT2D eigenvalue weighted by atomic mass is 9.92. The molecule has 0 spiro atoms. The van der Waals surface area contributed by atoms with Crippen molar-refractivity contribution in [2.75, 3.05) is 0 Å². The minimum Gasteiger partial charge on any atom is -0.273 e. The second kappa shape index (κ2) is 7.27. The van der Waals surface area contributed by atoms with Crippen molar-refractivity contribution in [2.45, 2.75) is 50.8 Å². The van der Waals surface area contributed by atoms with Crippen LogP contribution in [0.1, 0.15) is 51.0 Å². The zero-order valence-corrected chi connectivity index (χ0v) is 16.0. The van der Waals surface area contributed by atoms with Gasteiger partial charge in [0.15, 0.2) is 0 Å².